The number of ether oxygens (including phenoxy) is 1. The number of carbonyl (C=O) groups is 5. The second-order valence-corrected chi connectivity index (χ2v) is 14.4. The predicted octanol–water partition coefficient (Wildman–Crippen LogP) is 2.92. The molecule has 10 nitrogen and oxygen atoms in total. The van der Waals surface area contributed by atoms with Gasteiger partial charge in [0, 0.05) is 6.54 Å². The van der Waals surface area contributed by atoms with E-state index in [1.54, 1.807) is 20.8 Å². The summed E-state index contributed by atoms with van der Waals surface area (Å²) in [4.78, 5) is 66.5. The monoisotopic (exact) mass is 548 g/mol. The van der Waals surface area contributed by atoms with Crippen molar-refractivity contribution in [3.63, 3.8) is 0 Å². The highest BCUT2D eigenvalue weighted by molar-refractivity contribution is 6.37. The quantitative estimate of drug-likeness (QED) is 0.397. The number of hydrogen-bond acceptors (Lipinski definition) is 6. The van der Waals surface area contributed by atoms with Crippen LogP contribution in [-0.4, -0.2) is 64.8 Å². The second-order valence-electron chi connectivity index (χ2n) is 14.4. The highest BCUT2D eigenvalue weighted by atomic mass is 16.6. The molecule has 39 heavy (non-hydrogen) atoms. The molecule has 3 rings (SSSR count). The van der Waals surface area contributed by atoms with Crippen LogP contribution in [0, 0.1) is 28.6 Å². The molecule has 4 amide bonds. The first-order chi connectivity index (χ1) is 17.8. The summed E-state index contributed by atoms with van der Waals surface area (Å²) in [6.45, 7) is 15.3. The number of nitrogens with one attached hydrogen (secondary N) is 2. The molecule has 5 atom stereocenters. The van der Waals surface area contributed by atoms with Gasteiger partial charge in [-0.2, -0.15) is 0 Å². The zero-order valence-electron chi connectivity index (χ0n) is 24.9. The number of carbonyl (C=O) groups excluding carboxylic acids is 5. The van der Waals surface area contributed by atoms with Crippen LogP contribution >= 0.6 is 0 Å². The first-order valence-corrected chi connectivity index (χ1v) is 14.3. The molecule has 0 radical (unpaired) electrons. The Labute approximate surface area is 232 Å². The van der Waals surface area contributed by atoms with Gasteiger partial charge in [-0.1, -0.05) is 66.7 Å². The minimum Gasteiger partial charge on any atom is -0.444 e. The number of primary amides is 1. The van der Waals surface area contributed by atoms with E-state index >= 15 is 0 Å². The second kappa shape index (κ2) is 11.1. The van der Waals surface area contributed by atoms with E-state index in [-0.39, 0.29) is 29.1 Å². The maximum absolute atomic E-state index is 14.0. The van der Waals surface area contributed by atoms with Crippen LogP contribution in [-0.2, 0) is 23.9 Å². The standard InChI is InChI=1S/C29H48N4O6/c1-27(2,3)22(32-26(38)39-28(4,5)6)25(37)33-15-17-19(29(17,7)8)20(33)24(36)31-18(21(34)23(30)35)14-16-12-10-9-11-13-16/h16-20,22H,9-15H2,1-8H3,(H2,30,35)(H,31,36)(H,32,38). The number of nitrogens with zero attached hydrogens (tertiary/aromatic N) is 1. The van der Waals surface area contributed by atoms with Gasteiger partial charge in [0.05, 0.1) is 6.04 Å². The van der Waals surface area contributed by atoms with Crippen molar-refractivity contribution in [2.75, 3.05) is 6.54 Å². The topological polar surface area (TPSA) is 148 Å². The van der Waals surface area contributed by atoms with Crippen LogP contribution in [0.2, 0.25) is 0 Å². The summed E-state index contributed by atoms with van der Waals surface area (Å²) < 4.78 is 5.41. The van der Waals surface area contributed by atoms with Crippen LogP contribution < -0.4 is 16.4 Å². The molecular formula is C29H48N4O6. The Hall–Kier alpha value is -2.65. The van der Waals surface area contributed by atoms with Gasteiger partial charge >= 0.3 is 6.09 Å². The van der Waals surface area contributed by atoms with Crippen molar-refractivity contribution in [2.24, 2.45) is 34.3 Å². The molecule has 0 aromatic heterocycles. The lowest BCUT2D eigenvalue weighted by atomic mass is 9.83. The van der Waals surface area contributed by atoms with Gasteiger partial charge in [0.1, 0.15) is 17.7 Å². The molecule has 0 spiro atoms. The fraction of sp³-hybridized carbons (Fsp3) is 0.828. The lowest BCUT2D eigenvalue weighted by Crippen LogP contribution is -2.60. The number of Topliss-reactive ketones (excluding diaryl/α,β-unsaturated/α-hetero) is 1. The fourth-order valence-corrected chi connectivity index (χ4v) is 6.47. The summed E-state index contributed by atoms with van der Waals surface area (Å²) >= 11 is 0. The Bertz CT molecular complexity index is 989. The molecule has 4 N–H and O–H groups in total. The first kappa shape index (κ1) is 30.9. The molecule has 2 saturated carbocycles. The summed E-state index contributed by atoms with van der Waals surface area (Å²) in [5.41, 5.74) is 3.79. The van der Waals surface area contributed by atoms with Gasteiger partial charge in [-0.25, -0.2) is 4.79 Å². The summed E-state index contributed by atoms with van der Waals surface area (Å²) in [6.07, 6.45) is 4.77. The highest BCUT2D eigenvalue weighted by Gasteiger charge is 2.70. The summed E-state index contributed by atoms with van der Waals surface area (Å²) in [7, 11) is 0. The van der Waals surface area contributed by atoms with Crippen molar-refractivity contribution in [3.05, 3.63) is 0 Å². The Kier molecular flexibility index (Phi) is 8.78. The van der Waals surface area contributed by atoms with E-state index in [1.165, 1.54) is 4.90 Å². The molecule has 0 aromatic rings. The average Bonchev–Trinajstić information content (AvgIpc) is 3.14. The molecule has 1 aliphatic heterocycles. The molecule has 0 aromatic carbocycles. The van der Waals surface area contributed by atoms with Crippen molar-refractivity contribution >= 4 is 29.6 Å². The third kappa shape index (κ3) is 7.11. The van der Waals surface area contributed by atoms with E-state index in [4.69, 9.17) is 10.5 Å². The van der Waals surface area contributed by atoms with E-state index in [1.807, 2.05) is 20.8 Å². The van der Waals surface area contributed by atoms with E-state index in [0.717, 1.165) is 32.1 Å². The maximum Gasteiger partial charge on any atom is 0.408 e. The summed E-state index contributed by atoms with van der Waals surface area (Å²) in [5.74, 6) is -2.47. The largest absolute Gasteiger partial charge is 0.444 e. The van der Waals surface area contributed by atoms with Crippen LogP contribution in [0.3, 0.4) is 0 Å². The minimum atomic E-state index is -1.07. The van der Waals surface area contributed by atoms with Crippen molar-refractivity contribution in [1.82, 2.24) is 15.5 Å². The number of rotatable bonds is 8. The van der Waals surface area contributed by atoms with E-state index in [0.29, 0.717) is 13.0 Å². The predicted molar refractivity (Wildman–Crippen MR) is 146 cm³/mol. The van der Waals surface area contributed by atoms with Crippen molar-refractivity contribution in [1.29, 1.82) is 0 Å². The third-order valence-corrected chi connectivity index (χ3v) is 8.70. The molecule has 1 heterocycles. The van der Waals surface area contributed by atoms with Gasteiger partial charge < -0.3 is 26.0 Å². The van der Waals surface area contributed by atoms with Gasteiger partial charge in [0.25, 0.3) is 5.91 Å². The number of ketones is 1. The number of alkyl carbamates (subject to hydrolysis) is 1. The lowest BCUT2D eigenvalue weighted by molar-refractivity contribution is -0.145. The Morgan fingerprint density at radius 3 is 2.08 bits per heavy atom. The number of nitrogens with two attached hydrogens (primary N) is 1. The third-order valence-electron chi connectivity index (χ3n) is 8.70. The SMILES string of the molecule is CC(C)(C)OC(=O)NC(C(=O)N1CC2C(C1C(=O)NC(CC1CCCCC1)C(=O)C(N)=O)C2(C)C)C(C)(C)C. The molecule has 3 aliphatic rings. The lowest BCUT2D eigenvalue weighted by Gasteiger charge is -2.38. The van der Waals surface area contributed by atoms with Crippen LogP contribution in [0.5, 0.6) is 0 Å². The highest BCUT2D eigenvalue weighted by Crippen LogP contribution is 2.65. The first-order valence-electron chi connectivity index (χ1n) is 14.3. The van der Waals surface area contributed by atoms with Crippen LogP contribution in [0.15, 0.2) is 0 Å². The van der Waals surface area contributed by atoms with Gasteiger partial charge in [-0.3, -0.25) is 19.2 Å². The number of likely N-dealkylation sites (tertiary alicyclic amines) is 1. The smallest absolute Gasteiger partial charge is 0.408 e. The Morgan fingerprint density at radius 2 is 1.56 bits per heavy atom. The summed E-state index contributed by atoms with van der Waals surface area (Å²) in [5, 5.41) is 5.55. The van der Waals surface area contributed by atoms with E-state index < -0.39 is 52.8 Å². The molecule has 10 heteroatoms. The van der Waals surface area contributed by atoms with Crippen molar-refractivity contribution < 1.29 is 28.7 Å². The number of piperidine rings is 1. The van der Waals surface area contributed by atoms with Crippen LogP contribution in [0.25, 0.3) is 0 Å². The van der Waals surface area contributed by atoms with E-state index in [2.05, 4.69) is 24.5 Å². The number of fused-ring (bicyclic) bond motifs is 1. The van der Waals surface area contributed by atoms with Gasteiger partial charge in [-0.05, 0) is 55.8 Å². The Morgan fingerprint density at radius 1 is 0.974 bits per heavy atom. The molecule has 2 aliphatic carbocycles. The Balaban J connectivity index is 1.84. The molecule has 5 unspecified atom stereocenters. The molecule has 3 fully saturated rings. The fourth-order valence-electron chi connectivity index (χ4n) is 6.47. The molecule has 220 valence electrons. The molecule has 0 bridgehead atoms. The maximum atomic E-state index is 14.0. The number of hydrogen-bond donors (Lipinski definition) is 3. The van der Waals surface area contributed by atoms with Gasteiger partial charge in [0.15, 0.2) is 0 Å². The molecule has 1 saturated heterocycles. The van der Waals surface area contributed by atoms with Crippen molar-refractivity contribution in [2.45, 2.75) is 118 Å². The van der Waals surface area contributed by atoms with Crippen LogP contribution in [0.4, 0.5) is 4.79 Å². The van der Waals surface area contributed by atoms with E-state index in [9.17, 15) is 24.0 Å². The average molecular weight is 549 g/mol. The molecular weight excluding hydrogens is 500 g/mol. The van der Waals surface area contributed by atoms with Crippen molar-refractivity contribution in [3.8, 4) is 0 Å². The van der Waals surface area contributed by atoms with Gasteiger partial charge in [0.2, 0.25) is 17.6 Å². The van der Waals surface area contributed by atoms with Gasteiger partial charge in [-0.15, -0.1) is 0 Å². The zero-order chi connectivity index (χ0) is 29.5. The number of amides is 4. The minimum absolute atomic E-state index is 0.0948. The zero-order valence-corrected chi connectivity index (χ0v) is 24.9. The normalized spacial score (nSPS) is 26.2. The summed E-state index contributed by atoms with van der Waals surface area (Å²) in [6, 6.07) is -2.78. The van der Waals surface area contributed by atoms with Crippen LogP contribution in [0.1, 0.15) is 93.9 Å².